The maximum absolute atomic E-state index is 12.5. The van der Waals surface area contributed by atoms with Gasteiger partial charge in [-0.15, -0.1) is 0 Å². The molecule has 0 spiro atoms. The second kappa shape index (κ2) is 6.83. The first kappa shape index (κ1) is 17.0. The third-order valence-corrected chi connectivity index (χ3v) is 3.28. The van der Waals surface area contributed by atoms with Crippen LogP contribution in [0.5, 0.6) is 0 Å². The summed E-state index contributed by atoms with van der Waals surface area (Å²) in [6.45, 7) is 1.80. The molecular formula is C17H15F3O3. The number of hydrogen-bond donors (Lipinski definition) is 1. The zero-order valence-electron chi connectivity index (χ0n) is 12.3. The fourth-order valence-electron chi connectivity index (χ4n) is 2.07. The second-order valence-electron chi connectivity index (χ2n) is 4.85. The van der Waals surface area contributed by atoms with E-state index in [-0.39, 0.29) is 6.61 Å². The Kier molecular flexibility index (Phi) is 5.05. The third kappa shape index (κ3) is 4.10. The molecule has 0 heterocycles. The number of carbonyl (C=O) groups is 1. The van der Waals surface area contributed by atoms with Crippen LogP contribution in [0.15, 0.2) is 48.5 Å². The molecule has 3 nitrogen and oxygen atoms in total. The highest BCUT2D eigenvalue weighted by Gasteiger charge is 2.30. The highest BCUT2D eigenvalue weighted by molar-refractivity contribution is 5.76. The van der Waals surface area contributed by atoms with E-state index in [4.69, 9.17) is 4.74 Å². The molecule has 0 bridgehead atoms. The van der Waals surface area contributed by atoms with E-state index in [0.29, 0.717) is 16.7 Å². The van der Waals surface area contributed by atoms with Crippen molar-refractivity contribution < 1.29 is 27.8 Å². The molecule has 6 heteroatoms. The van der Waals surface area contributed by atoms with Crippen LogP contribution in [0.25, 0.3) is 11.1 Å². The van der Waals surface area contributed by atoms with Crippen molar-refractivity contribution in [2.75, 3.05) is 6.61 Å². The molecule has 0 saturated carbocycles. The van der Waals surface area contributed by atoms with E-state index in [0.717, 1.165) is 12.1 Å². The molecule has 0 aliphatic rings. The minimum Gasteiger partial charge on any atom is -0.464 e. The lowest BCUT2D eigenvalue weighted by atomic mass is 10.0. The highest BCUT2D eigenvalue weighted by atomic mass is 19.4. The van der Waals surface area contributed by atoms with E-state index in [2.05, 4.69) is 0 Å². The second-order valence-corrected chi connectivity index (χ2v) is 4.85. The van der Waals surface area contributed by atoms with Crippen molar-refractivity contribution >= 4 is 5.97 Å². The van der Waals surface area contributed by atoms with Crippen LogP contribution in [0.2, 0.25) is 0 Å². The van der Waals surface area contributed by atoms with Gasteiger partial charge in [0.15, 0.2) is 6.10 Å². The van der Waals surface area contributed by atoms with E-state index >= 15 is 0 Å². The molecule has 1 N–H and O–H groups in total. The molecule has 0 saturated heterocycles. The number of benzene rings is 2. The van der Waals surface area contributed by atoms with Crippen molar-refractivity contribution in [1.82, 2.24) is 0 Å². The van der Waals surface area contributed by atoms with Crippen LogP contribution in [-0.2, 0) is 15.7 Å². The Morgan fingerprint density at radius 2 is 1.52 bits per heavy atom. The van der Waals surface area contributed by atoms with Crippen molar-refractivity contribution in [2.45, 2.75) is 19.2 Å². The van der Waals surface area contributed by atoms with Gasteiger partial charge in [0.1, 0.15) is 0 Å². The minimum absolute atomic E-state index is 0.166. The quantitative estimate of drug-likeness (QED) is 0.866. The standard InChI is InChI=1S/C17H15F3O3/c1-2-23-16(22)15(21)13-5-3-11(4-6-13)12-7-9-14(10-8-12)17(18,19)20/h3-10,15,21H,2H2,1H3. The molecule has 0 amide bonds. The van der Waals surface area contributed by atoms with Crippen LogP contribution in [0, 0.1) is 0 Å². The summed E-state index contributed by atoms with van der Waals surface area (Å²) < 4.78 is 42.3. The van der Waals surface area contributed by atoms with Crippen LogP contribution in [0.3, 0.4) is 0 Å². The SMILES string of the molecule is CCOC(=O)C(O)c1ccc(-c2ccc(C(F)(F)F)cc2)cc1. The molecule has 0 aliphatic carbocycles. The topological polar surface area (TPSA) is 46.5 Å². The number of aliphatic hydroxyl groups excluding tert-OH is 1. The van der Waals surface area contributed by atoms with Gasteiger partial charge in [-0.2, -0.15) is 13.2 Å². The van der Waals surface area contributed by atoms with Crippen molar-refractivity contribution in [3.8, 4) is 11.1 Å². The smallest absolute Gasteiger partial charge is 0.416 e. The summed E-state index contributed by atoms with van der Waals surface area (Å²) in [5, 5.41) is 9.81. The fourth-order valence-corrected chi connectivity index (χ4v) is 2.07. The zero-order chi connectivity index (χ0) is 17.0. The summed E-state index contributed by atoms with van der Waals surface area (Å²) in [5.41, 5.74) is 0.934. The summed E-state index contributed by atoms with van der Waals surface area (Å²) >= 11 is 0. The van der Waals surface area contributed by atoms with E-state index < -0.39 is 23.8 Å². The van der Waals surface area contributed by atoms with Crippen LogP contribution in [-0.4, -0.2) is 17.7 Å². The maximum atomic E-state index is 12.5. The molecule has 0 aliphatic heterocycles. The number of carbonyl (C=O) groups excluding carboxylic acids is 1. The molecule has 1 atom stereocenters. The van der Waals surface area contributed by atoms with E-state index in [9.17, 15) is 23.1 Å². The van der Waals surface area contributed by atoms with Gasteiger partial charge in [0.05, 0.1) is 12.2 Å². The van der Waals surface area contributed by atoms with Crippen LogP contribution < -0.4 is 0 Å². The van der Waals surface area contributed by atoms with Gasteiger partial charge in [0.2, 0.25) is 0 Å². The first-order valence-electron chi connectivity index (χ1n) is 6.95. The van der Waals surface area contributed by atoms with Gasteiger partial charge < -0.3 is 9.84 Å². The number of alkyl halides is 3. The van der Waals surface area contributed by atoms with Gasteiger partial charge in [-0.25, -0.2) is 4.79 Å². The first-order chi connectivity index (χ1) is 10.8. The number of esters is 1. The first-order valence-corrected chi connectivity index (χ1v) is 6.95. The average Bonchev–Trinajstić information content (AvgIpc) is 2.54. The van der Waals surface area contributed by atoms with Crippen molar-refractivity contribution in [2.24, 2.45) is 0 Å². The Hall–Kier alpha value is -2.34. The number of aliphatic hydroxyl groups is 1. The molecule has 0 aromatic heterocycles. The lowest BCUT2D eigenvalue weighted by Gasteiger charge is -2.11. The Labute approximate surface area is 131 Å². The Morgan fingerprint density at radius 1 is 1.04 bits per heavy atom. The molecule has 0 radical (unpaired) electrons. The summed E-state index contributed by atoms with van der Waals surface area (Å²) in [6, 6.07) is 11.1. The van der Waals surface area contributed by atoms with Gasteiger partial charge in [0, 0.05) is 0 Å². The van der Waals surface area contributed by atoms with E-state index in [1.165, 1.54) is 24.3 Å². The Balaban J connectivity index is 2.18. The summed E-state index contributed by atoms with van der Waals surface area (Å²) in [7, 11) is 0. The number of rotatable bonds is 4. The van der Waals surface area contributed by atoms with Gasteiger partial charge in [0.25, 0.3) is 0 Å². The summed E-state index contributed by atoms with van der Waals surface area (Å²) in [6.07, 6.45) is -5.75. The number of halogens is 3. The van der Waals surface area contributed by atoms with Crippen LogP contribution in [0.4, 0.5) is 13.2 Å². The molecule has 23 heavy (non-hydrogen) atoms. The van der Waals surface area contributed by atoms with Crippen LogP contribution in [0.1, 0.15) is 24.2 Å². The molecule has 0 fully saturated rings. The largest absolute Gasteiger partial charge is 0.464 e. The Morgan fingerprint density at radius 3 is 1.96 bits per heavy atom. The lowest BCUT2D eigenvalue weighted by Crippen LogP contribution is -2.15. The Bertz CT molecular complexity index is 661. The number of ether oxygens (including phenoxy) is 1. The molecular weight excluding hydrogens is 309 g/mol. The highest BCUT2D eigenvalue weighted by Crippen LogP contribution is 2.31. The minimum atomic E-state index is -4.37. The lowest BCUT2D eigenvalue weighted by molar-refractivity contribution is -0.153. The third-order valence-electron chi connectivity index (χ3n) is 3.28. The fraction of sp³-hybridized carbons (Fsp3) is 0.235. The monoisotopic (exact) mass is 324 g/mol. The normalized spacial score (nSPS) is 12.7. The molecule has 122 valence electrons. The van der Waals surface area contributed by atoms with E-state index in [1.807, 2.05) is 0 Å². The average molecular weight is 324 g/mol. The van der Waals surface area contributed by atoms with Gasteiger partial charge in [-0.1, -0.05) is 36.4 Å². The zero-order valence-corrected chi connectivity index (χ0v) is 12.3. The van der Waals surface area contributed by atoms with Crippen molar-refractivity contribution in [3.05, 3.63) is 59.7 Å². The van der Waals surface area contributed by atoms with Gasteiger partial charge >= 0.3 is 12.1 Å². The predicted octanol–water partition coefficient (Wildman–Crippen LogP) is 3.97. The summed E-state index contributed by atoms with van der Waals surface area (Å²) in [5.74, 6) is -0.741. The van der Waals surface area contributed by atoms with Crippen molar-refractivity contribution in [1.29, 1.82) is 0 Å². The maximum Gasteiger partial charge on any atom is 0.416 e. The summed E-state index contributed by atoms with van der Waals surface area (Å²) in [4.78, 5) is 11.5. The van der Waals surface area contributed by atoms with Crippen LogP contribution >= 0.6 is 0 Å². The predicted molar refractivity (Wildman–Crippen MR) is 78.5 cm³/mol. The van der Waals surface area contributed by atoms with E-state index in [1.54, 1.807) is 19.1 Å². The number of hydrogen-bond acceptors (Lipinski definition) is 3. The van der Waals surface area contributed by atoms with Gasteiger partial charge in [-0.05, 0) is 35.7 Å². The molecule has 1 unspecified atom stereocenters. The molecule has 2 aromatic rings. The van der Waals surface area contributed by atoms with Crippen molar-refractivity contribution in [3.63, 3.8) is 0 Å². The molecule has 2 aromatic carbocycles. The van der Waals surface area contributed by atoms with Gasteiger partial charge in [-0.3, -0.25) is 0 Å². The molecule has 2 rings (SSSR count).